The maximum Gasteiger partial charge on any atom is 0.339 e. The van der Waals surface area contributed by atoms with Crippen LogP contribution in [0, 0.1) is 0 Å². The number of hydrogen-bond acceptors (Lipinski definition) is 8. The van der Waals surface area contributed by atoms with Gasteiger partial charge in [-0.3, -0.25) is 0 Å². The van der Waals surface area contributed by atoms with E-state index in [4.69, 9.17) is 29.2 Å². The van der Waals surface area contributed by atoms with Crippen LogP contribution in [-0.2, 0) is 25.5 Å². The van der Waals surface area contributed by atoms with Crippen LogP contribution in [0.4, 0.5) is 0 Å². The molecular weight excluding hydrogens is 404 g/mol. The number of rotatable bonds is 12. The molecule has 0 bridgehead atoms. The first-order valence-corrected chi connectivity index (χ1v) is 10.3. The van der Waals surface area contributed by atoms with Gasteiger partial charge in [0.2, 0.25) is 12.6 Å². The minimum atomic E-state index is -0.913. The monoisotopic (exact) mass is 436 g/mol. The van der Waals surface area contributed by atoms with Gasteiger partial charge in [-0.1, -0.05) is 39.3 Å². The molecular formula is C23H32O8. The molecule has 0 aliphatic rings. The van der Waals surface area contributed by atoms with Crippen molar-refractivity contribution < 1.29 is 38.7 Å². The van der Waals surface area contributed by atoms with E-state index in [1.807, 2.05) is 13.0 Å². The predicted molar refractivity (Wildman–Crippen MR) is 115 cm³/mol. The number of hydrogen-bond donors (Lipinski definition) is 2. The van der Waals surface area contributed by atoms with Gasteiger partial charge in [-0.15, -0.1) is 0 Å². The molecule has 172 valence electrons. The molecule has 2 N–H and O–H groups in total. The van der Waals surface area contributed by atoms with Crippen molar-refractivity contribution >= 4 is 11.9 Å². The Labute approximate surface area is 183 Å². The van der Waals surface area contributed by atoms with Crippen LogP contribution in [0.2, 0.25) is 0 Å². The summed E-state index contributed by atoms with van der Waals surface area (Å²) in [5, 5.41) is 18.0. The molecule has 1 aromatic rings. The average Bonchev–Trinajstić information content (AvgIpc) is 2.78. The van der Waals surface area contributed by atoms with Gasteiger partial charge in [0.1, 0.15) is 0 Å². The molecule has 1 rings (SSSR count). The molecule has 2 atom stereocenters. The van der Waals surface area contributed by atoms with Crippen molar-refractivity contribution in [2.24, 2.45) is 0 Å². The van der Waals surface area contributed by atoms with Crippen LogP contribution in [0.1, 0.15) is 59.4 Å². The van der Waals surface area contributed by atoms with E-state index in [-0.39, 0.29) is 11.1 Å². The highest BCUT2D eigenvalue weighted by Gasteiger charge is 2.23. The second kappa shape index (κ2) is 13.2. The third-order valence-electron chi connectivity index (χ3n) is 4.26. The highest BCUT2D eigenvalue weighted by Crippen LogP contribution is 2.35. The first-order chi connectivity index (χ1) is 14.8. The highest BCUT2D eigenvalue weighted by molar-refractivity contribution is 5.87. The van der Waals surface area contributed by atoms with Crippen LogP contribution >= 0.6 is 0 Å². The van der Waals surface area contributed by atoms with Crippen molar-refractivity contribution in [1.82, 2.24) is 0 Å². The Balaban J connectivity index is 3.17. The van der Waals surface area contributed by atoms with Gasteiger partial charge in [0.25, 0.3) is 0 Å². The van der Waals surface area contributed by atoms with E-state index < -0.39 is 24.5 Å². The molecule has 8 heteroatoms. The first-order valence-electron chi connectivity index (χ1n) is 10.3. The Kier molecular flexibility index (Phi) is 11.0. The van der Waals surface area contributed by atoms with Crippen molar-refractivity contribution in [3.63, 3.8) is 0 Å². The molecule has 0 heterocycles. The topological polar surface area (TPSA) is 112 Å². The third kappa shape index (κ3) is 7.88. The fourth-order valence-corrected chi connectivity index (χ4v) is 2.44. The van der Waals surface area contributed by atoms with Crippen molar-refractivity contribution in [1.29, 1.82) is 0 Å². The normalized spacial score (nSPS) is 13.8. The van der Waals surface area contributed by atoms with E-state index >= 15 is 0 Å². The largest absolute Gasteiger partial charge is 0.515 e. The van der Waals surface area contributed by atoms with Crippen LogP contribution < -0.4 is 9.47 Å². The standard InChI is InChI=1S/C23H32O8/c1-6-10-17-11-9-12-18(28-19(7-2)30-22(26)15(4)13-24)21(17)29-20(8-3)31-23(27)16(5)14-25/h9,11-14,19-20,24-25H,6-8,10H2,1-5H3. The van der Waals surface area contributed by atoms with Gasteiger partial charge in [-0.05, 0) is 31.9 Å². The molecule has 8 nitrogen and oxygen atoms in total. The van der Waals surface area contributed by atoms with Crippen LogP contribution in [0.3, 0.4) is 0 Å². The summed E-state index contributed by atoms with van der Waals surface area (Å²) in [6, 6.07) is 5.35. The van der Waals surface area contributed by atoms with E-state index in [9.17, 15) is 9.59 Å². The van der Waals surface area contributed by atoms with Crippen molar-refractivity contribution in [3.8, 4) is 11.5 Å². The van der Waals surface area contributed by atoms with Gasteiger partial charge in [0.05, 0.1) is 23.7 Å². The minimum absolute atomic E-state index is 0.0449. The summed E-state index contributed by atoms with van der Waals surface area (Å²) < 4.78 is 22.5. The first kappa shape index (κ1) is 25.9. The lowest BCUT2D eigenvalue weighted by molar-refractivity contribution is -0.163. The zero-order chi connectivity index (χ0) is 23.4. The molecule has 0 aromatic heterocycles. The Morgan fingerprint density at radius 3 is 1.87 bits per heavy atom. The van der Waals surface area contributed by atoms with Gasteiger partial charge in [-0.25, -0.2) is 9.59 Å². The molecule has 0 aliphatic carbocycles. The number of carbonyl (C=O) groups excluding carboxylic acids is 2. The molecule has 1 aromatic carbocycles. The van der Waals surface area contributed by atoms with Crippen LogP contribution in [0.5, 0.6) is 11.5 Å². The molecule has 0 saturated carbocycles. The van der Waals surface area contributed by atoms with Gasteiger partial charge in [-0.2, -0.15) is 0 Å². The number of ether oxygens (including phenoxy) is 4. The lowest BCUT2D eigenvalue weighted by Crippen LogP contribution is -2.27. The maximum atomic E-state index is 12.0. The van der Waals surface area contributed by atoms with Crippen molar-refractivity contribution in [2.45, 2.75) is 72.9 Å². The molecule has 0 aliphatic heterocycles. The fraction of sp³-hybridized carbons (Fsp3) is 0.478. The summed E-state index contributed by atoms with van der Waals surface area (Å²) in [6.45, 7) is 8.45. The quantitative estimate of drug-likeness (QED) is 0.206. The molecule has 0 fully saturated rings. The molecule has 2 unspecified atom stereocenters. The SMILES string of the molecule is CCCc1cccc(OC(CC)OC(=O)C(C)=CO)c1OC(CC)OC(=O)C(C)=CO. The number of esters is 2. The van der Waals surface area contributed by atoms with E-state index in [1.165, 1.54) is 13.8 Å². The zero-order valence-electron chi connectivity index (χ0n) is 18.7. The van der Waals surface area contributed by atoms with E-state index in [1.54, 1.807) is 26.0 Å². The smallest absolute Gasteiger partial charge is 0.339 e. The maximum absolute atomic E-state index is 12.0. The lowest BCUT2D eigenvalue weighted by Gasteiger charge is -2.24. The Morgan fingerprint density at radius 1 is 0.903 bits per heavy atom. The molecule has 0 saturated heterocycles. The highest BCUT2D eigenvalue weighted by atomic mass is 16.7. The number of para-hydroxylation sites is 1. The van der Waals surface area contributed by atoms with Crippen molar-refractivity contribution in [3.05, 3.63) is 47.4 Å². The summed E-state index contributed by atoms with van der Waals surface area (Å²) in [6.07, 6.45) is 1.77. The Bertz CT molecular complexity index is 797. The second-order valence-corrected chi connectivity index (χ2v) is 6.84. The van der Waals surface area contributed by atoms with Crippen LogP contribution in [-0.4, -0.2) is 34.7 Å². The summed E-state index contributed by atoms with van der Waals surface area (Å²) in [4.78, 5) is 24.0. The van der Waals surface area contributed by atoms with Gasteiger partial charge in [0.15, 0.2) is 11.5 Å². The summed E-state index contributed by atoms with van der Waals surface area (Å²) >= 11 is 0. The number of aryl methyl sites for hydroxylation is 1. The van der Waals surface area contributed by atoms with Crippen LogP contribution in [0.25, 0.3) is 0 Å². The summed E-state index contributed by atoms with van der Waals surface area (Å²) in [5.41, 5.74) is 0.936. The van der Waals surface area contributed by atoms with Gasteiger partial charge in [0, 0.05) is 12.8 Å². The fourth-order valence-electron chi connectivity index (χ4n) is 2.44. The minimum Gasteiger partial charge on any atom is -0.515 e. The Morgan fingerprint density at radius 2 is 1.42 bits per heavy atom. The number of aliphatic hydroxyl groups is 2. The van der Waals surface area contributed by atoms with E-state index in [2.05, 4.69) is 0 Å². The molecule has 0 amide bonds. The predicted octanol–water partition coefficient (Wildman–Crippen LogP) is 4.88. The molecule has 0 radical (unpaired) electrons. The van der Waals surface area contributed by atoms with E-state index in [0.29, 0.717) is 43.3 Å². The average molecular weight is 437 g/mol. The van der Waals surface area contributed by atoms with E-state index in [0.717, 1.165) is 12.0 Å². The number of aliphatic hydroxyl groups excluding tert-OH is 2. The molecule has 0 spiro atoms. The van der Waals surface area contributed by atoms with Gasteiger partial charge < -0.3 is 29.2 Å². The number of benzene rings is 1. The van der Waals surface area contributed by atoms with Crippen molar-refractivity contribution in [2.75, 3.05) is 0 Å². The van der Waals surface area contributed by atoms with Crippen LogP contribution in [0.15, 0.2) is 41.9 Å². The second-order valence-electron chi connectivity index (χ2n) is 6.84. The summed E-state index contributed by atoms with van der Waals surface area (Å²) in [5.74, 6) is -0.678. The third-order valence-corrected chi connectivity index (χ3v) is 4.26. The zero-order valence-corrected chi connectivity index (χ0v) is 18.7. The Hall–Kier alpha value is -3.16. The summed E-state index contributed by atoms with van der Waals surface area (Å²) in [7, 11) is 0. The number of carbonyl (C=O) groups is 2. The van der Waals surface area contributed by atoms with Gasteiger partial charge >= 0.3 is 11.9 Å². The molecule has 31 heavy (non-hydrogen) atoms. The lowest BCUT2D eigenvalue weighted by atomic mass is 10.1.